The third-order valence-electron chi connectivity index (χ3n) is 1.34. The topological polar surface area (TPSA) is 23.8 Å². The van der Waals surface area contributed by atoms with Gasteiger partial charge in [-0.2, -0.15) is 5.26 Å². The summed E-state index contributed by atoms with van der Waals surface area (Å²) in [6, 6.07) is 6.54. The molecule has 0 aliphatic rings. The van der Waals surface area contributed by atoms with Crippen molar-refractivity contribution in [1.29, 1.82) is 5.26 Å². The van der Waals surface area contributed by atoms with E-state index < -0.39 is 5.82 Å². The maximum Gasteiger partial charge on any atom is 0.144 e. The summed E-state index contributed by atoms with van der Waals surface area (Å²) in [7, 11) is 0. The van der Waals surface area contributed by atoms with Gasteiger partial charge in [-0.3, -0.25) is 0 Å². The summed E-state index contributed by atoms with van der Waals surface area (Å²) in [6.07, 6.45) is 0. The summed E-state index contributed by atoms with van der Waals surface area (Å²) < 4.78 is 13.0. The van der Waals surface area contributed by atoms with Gasteiger partial charge in [-0.05, 0) is 11.6 Å². The predicted molar refractivity (Wildman–Crippen MR) is 43.7 cm³/mol. The van der Waals surface area contributed by atoms with Crippen LogP contribution in [-0.2, 0) is 5.33 Å². The second-order valence-electron chi connectivity index (χ2n) is 2.02. The van der Waals surface area contributed by atoms with Crippen LogP contribution in [0.1, 0.15) is 11.1 Å². The first kappa shape index (κ1) is 8.22. The molecule has 0 unspecified atom stereocenters. The zero-order valence-electron chi connectivity index (χ0n) is 5.64. The Bertz CT molecular complexity index is 303. The van der Waals surface area contributed by atoms with Crippen LogP contribution in [0.15, 0.2) is 18.2 Å². The van der Waals surface area contributed by atoms with Crippen molar-refractivity contribution in [2.75, 3.05) is 0 Å². The molecule has 0 N–H and O–H groups in total. The van der Waals surface area contributed by atoms with Crippen LogP contribution in [0.4, 0.5) is 4.39 Å². The molecule has 11 heavy (non-hydrogen) atoms. The van der Waals surface area contributed by atoms with Crippen molar-refractivity contribution in [2.24, 2.45) is 0 Å². The van der Waals surface area contributed by atoms with Crippen LogP contribution in [0.25, 0.3) is 0 Å². The minimum absolute atomic E-state index is 0.0990. The standard InChI is InChI=1S/C8H5BrFN/c9-4-6-2-1-3-7(5-11)8(6)10/h1-3H,4H2. The molecule has 0 radical (unpaired) electrons. The van der Waals surface area contributed by atoms with E-state index in [1.165, 1.54) is 6.07 Å². The van der Waals surface area contributed by atoms with Crippen molar-refractivity contribution in [3.8, 4) is 6.07 Å². The third kappa shape index (κ3) is 1.58. The van der Waals surface area contributed by atoms with Crippen LogP contribution in [-0.4, -0.2) is 0 Å². The predicted octanol–water partition coefficient (Wildman–Crippen LogP) is 2.59. The highest BCUT2D eigenvalue weighted by Gasteiger charge is 2.04. The quantitative estimate of drug-likeness (QED) is 0.659. The normalized spacial score (nSPS) is 9.18. The average molecular weight is 214 g/mol. The Morgan fingerprint density at radius 3 is 2.82 bits per heavy atom. The van der Waals surface area contributed by atoms with Crippen molar-refractivity contribution in [1.82, 2.24) is 0 Å². The van der Waals surface area contributed by atoms with Crippen molar-refractivity contribution in [2.45, 2.75) is 5.33 Å². The van der Waals surface area contributed by atoms with E-state index in [0.717, 1.165) is 0 Å². The Kier molecular flexibility index (Phi) is 2.61. The van der Waals surface area contributed by atoms with Crippen molar-refractivity contribution in [3.63, 3.8) is 0 Å². The molecule has 0 bridgehead atoms. The van der Waals surface area contributed by atoms with Crippen molar-refractivity contribution >= 4 is 15.9 Å². The van der Waals surface area contributed by atoms with Crippen LogP contribution < -0.4 is 0 Å². The van der Waals surface area contributed by atoms with Gasteiger partial charge in [0.2, 0.25) is 0 Å². The molecule has 1 rings (SSSR count). The van der Waals surface area contributed by atoms with E-state index in [4.69, 9.17) is 5.26 Å². The lowest BCUT2D eigenvalue weighted by Crippen LogP contribution is -1.89. The largest absolute Gasteiger partial charge is 0.205 e. The zero-order chi connectivity index (χ0) is 8.27. The van der Waals surface area contributed by atoms with Crippen LogP contribution in [0, 0.1) is 17.1 Å². The Morgan fingerprint density at radius 1 is 1.55 bits per heavy atom. The molecule has 3 heteroatoms. The summed E-state index contributed by atoms with van der Waals surface area (Å²) in [5.74, 6) is -0.424. The molecule has 0 amide bonds. The summed E-state index contributed by atoms with van der Waals surface area (Å²) >= 11 is 3.12. The lowest BCUT2D eigenvalue weighted by atomic mass is 10.1. The fraction of sp³-hybridized carbons (Fsp3) is 0.125. The van der Waals surface area contributed by atoms with E-state index in [9.17, 15) is 4.39 Å². The summed E-state index contributed by atoms with van der Waals surface area (Å²) in [5.41, 5.74) is 0.617. The first-order valence-corrected chi connectivity index (χ1v) is 4.15. The van der Waals surface area contributed by atoms with Crippen LogP contribution in [0.3, 0.4) is 0 Å². The average Bonchev–Trinajstić information content (AvgIpc) is 2.05. The Balaban J connectivity index is 3.23. The van der Waals surface area contributed by atoms with Crippen molar-refractivity contribution < 1.29 is 4.39 Å². The third-order valence-corrected chi connectivity index (χ3v) is 1.95. The van der Waals surface area contributed by atoms with Gasteiger partial charge < -0.3 is 0 Å². The molecule has 0 fully saturated rings. The van der Waals surface area contributed by atoms with Gasteiger partial charge in [0.05, 0.1) is 5.56 Å². The molecule has 1 nitrogen and oxygen atoms in total. The molecule has 56 valence electrons. The van der Waals surface area contributed by atoms with E-state index in [0.29, 0.717) is 10.9 Å². The Labute approximate surface area is 72.6 Å². The van der Waals surface area contributed by atoms with Gasteiger partial charge in [-0.1, -0.05) is 28.1 Å². The minimum Gasteiger partial charge on any atom is -0.205 e. The first-order chi connectivity index (χ1) is 5.29. The summed E-state index contributed by atoms with van der Waals surface area (Å²) in [5, 5.41) is 8.87. The Hall–Kier alpha value is -0.880. The maximum absolute atomic E-state index is 13.0. The Morgan fingerprint density at radius 2 is 2.27 bits per heavy atom. The molecular weight excluding hydrogens is 209 g/mol. The highest BCUT2D eigenvalue weighted by atomic mass is 79.9. The number of hydrogen-bond donors (Lipinski definition) is 0. The summed E-state index contributed by atoms with van der Waals surface area (Å²) in [6.45, 7) is 0. The minimum atomic E-state index is -0.424. The fourth-order valence-corrected chi connectivity index (χ4v) is 1.20. The fourth-order valence-electron chi connectivity index (χ4n) is 0.769. The highest BCUT2D eigenvalue weighted by molar-refractivity contribution is 9.08. The van der Waals surface area contributed by atoms with E-state index in [1.54, 1.807) is 18.2 Å². The monoisotopic (exact) mass is 213 g/mol. The number of halogens is 2. The van der Waals surface area contributed by atoms with Gasteiger partial charge >= 0.3 is 0 Å². The molecule has 0 aliphatic carbocycles. The number of alkyl halides is 1. The first-order valence-electron chi connectivity index (χ1n) is 3.03. The summed E-state index contributed by atoms with van der Waals surface area (Å²) in [4.78, 5) is 0. The molecule has 0 heterocycles. The van der Waals surface area contributed by atoms with Crippen LogP contribution >= 0.6 is 15.9 Å². The number of benzene rings is 1. The van der Waals surface area contributed by atoms with Gasteiger partial charge in [0.1, 0.15) is 11.9 Å². The van der Waals surface area contributed by atoms with Crippen LogP contribution in [0.2, 0.25) is 0 Å². The van der Waals surface area contributed by atoms with E-state index in [-0.39, 0.29) is 5.56 Å². The lowest BCUT2D eigenvalue weighted by Gasteiger charge is -1.97. The molecule has 0 aromatic heterocycles. The van der Waals surface area contributed by atoms with Crippen LogP contribution in [0.5, 0.6) is 0 Å². The van der Waals surface area contributed by atoms with Gasteiger partial charge in [0.25, 0.3) is 0 Å². The number of rotatable bonds is 1. The molecule has 0 atom stereocenters. The molecule has 0 aliphatic heterocycles. The van der Waals surface area contributed by atoms with E-state index in [1.807, 2.05) is 0 Å². The second-order valence-corrected chi connectivity index (χ2v) is 2.58. The van der Waals surface area contributed by atoms with E-state index in [2.05, 4.69) is 15.9 Å². The number of nitriles is 1. The van der Waals surface area contributed by atoms with Gasteiger partial charge in [0, 0.05) is 5.33 Å². The van der Waals surface area contributed by atoms with Gasteiger partial charge in [-0.15, -0.1) is 0 Å². The number of hydrogen-bond acceptors (Lipinski definition) is 1. The SMILES string of the molecule is N#Cc1cccc(CBr)c1F. The second kappa shape index (κ2) is 3.49. The van der Waals surface area contributed by atoms with Crippen molar-refractivity contribution in [3.05, 3.63) is 35.1 Å². The molecule has 1 aromatic rings. The maximum atomic E-state index is 13.0. The van der Waals surface area contributed by atoms with Gasteiger partial charge in [-0.25, -0.2) is 4.39 Å². The zero-order valence-corrected chi connectivity index (χ0v) is 7.23. The van der Waals surface area contributed by atoms with E-state index >= 15 is 0 Å². The smallest absolute Gasteiger partial charge is 0.144 e. The molecule has 1 aromatic carbocycles. The number of nitrogens with zero attached hydrogens (tertiary/aromatic N) is 1. The molecular formula is C8H5BrFN. The highest BCUT2D eigenvalue weighted by Crippen LogP contribution is 2.14. The molecule has 0 saturated carbocycles. The molecule has 0 saturated heterocycles. The van der Waals surface area contributed by atoms with Gasteiger partial charge in [0.15, 0.2) is 0 Å². The lowest BCUT2D eigenvalue weighted by molar-refractivity contribution is 0.614. The molecule has 0 spiro atoms.